The van der Waals surface area contributed by atoms with E-state index in [-0.39, 0.29) is 0 Å². The number of anilines is 3. The molecule has 1 aliphatic rings. The molecule has 8 nitrogen and oxygen atoms in total. The summed E-state index contributed by atoms with van der Waals surface area (Å²) < 4.78 is 2.05. The molecule has 0 bridgehead atoms. The molecule has 0 aromatic carbocycles. The Kier molecular flexibility index (Phi) is 5.21. The molecular weight excluding hydrogens is 388 g/mol. The van der Waals surface area contributed by atoms with Crippen LogP contribution in [0.3, 0.4) is 0 Å². The Hall–Kier alpha value is -3.52. The van der Waals surface area contributed by atoms with E-state index in [0.717, 1.165) is 59.7 Å². The number of hydrogen-bond donors (Lipinski definition) is 3. The van der Waals surface area contributed by atoms with Crippen LogP contribution in [0, 0.1) is 6.92 Å². The predicted octanol–water partition coefficient (Wildman–Crippen LogP) is 3.92. The molecule has 0 unspecified atom stereocenters. The lowest BCUT2D eigenvalue weighted by molar-refractivity contribution is 0.410. The Morgan fingerprint density at radius 2 is 1.87 bits per heavy atom. The zero-order valence-corrected chi connectivity index (χ0v) is 17.5. The first-order valence-corrected chi connectivity index (χ1v) is 10.7. The molecule has 31 heavy (non-hydrogen) atoms. The van der Waals surface area contributed by atoms with Crippen molar-refractivity contribution < 1.29 is 0 Å². The van der Waals surface area contributed by atoms with Gasteiger partial charge in [0, 0.05) is 30.7 Å². The summed E-state index contributed by atoms with van der Waals surface area (Å²) in [5, 5.41) is 6.88. The van der Waals surface area contributed by atoms with Crippen LogP contribution in [-0.2, 0) is 0 Å². The van der Waals surface area contributed by atoms with Crippen LogP contribution in [0.15, 0.2) is 55.2 Å². The van der Waals surface area contributed by atoms with Gasteiger partial charge in [0.15, 0.2) is 0 Å². The summed E-state index contributed by atoms with van der Waals surface area (Å²) in [6.45, 7) is 2.02. The van der Waals surface area contributed by atoms with Gasteiger partial charge in [-0.1, -0.05) is 0 Å². The number of aryl methyl sites for hydroxylation is 1. The molecule has 8 heteroatoms. The van der Waals surface area contributed by atoms with Crippen molar-refractivity contribution in [3.8, 4) is 11.4 Å². The number of nitrogens with zero attached hydrogens (tertiary/aromatic N) is 5. The monoisotopic (exact) mass is 414 g/mol. The van der Waals surface area contributed by atoms with E-state index in [1.54, 1.807) is 12.4 Å². The summed E-state index contributed by atoms with van der Waals surface area (Å²) in [6.07, 6.45) is 13.5. The Morgan fingerprint density at radius 3 is 2.68 bits per heavy atom. The quantitative estimate of drug-likeness (QED) is 0.454. The smallest absolute Gasteiger partial charge is 0.223 e. The Labute approximate surface area is 181 Å². The lowest BCUT2D eigenvalue weighted by Crippen LogP contribution is -2.33. The van der Waals surface area contributed by atoms with Crippen LogP contribution in [0.5, 0.6) is 0 Å². The molecule has 0 aliphatic heterocycles. The third kappa shape index (κ3) is 4.20. The zero-order valence-electron chi connectivity index (χ0n) is 17.5. The normalized spacial score (nSPS) is 18.8. The minimum atomic E-state index is 0.320. The van der Waals surface area contributed by atoms with Gasteiger partial charge in [0.1, 0.15) is 5.65 Å². The SMILES string of the molecule is Cc1cnc(N[C@H]2CC[C@H](N)CC2)nc1-c1cnc2ccc(Nc3cccnc3)cn12. The van der Waals surface area contributed by atoms with Crippen molar-refractivity contribution in [2.75, 3.05) is 10.6 Å². The molecule has 0 radical (unpaired) electrons. The second-order valence-corrected chi connectivity index (χ2v) is 8.14. The van der Waals surface area contributed by atoms with Gasteiger partial charge in [-0.3, -0.25) is 9.38 Å². The number of pyridine rings is 2. The van der Waals surface area contributed by atoms with Crippen molar-refractivity contribution in [3.63, 3.8) is 0 Å². The molecule has 0 spiro atoms. The number of aromatic nitrogens is 5. The summed E-state index contributed by atoms with van der Waals surface area (Å²) >= 11 is 0. The van der Waals surface area contributed by atoms with Crippen molar-refractivity contribution in [2.24, 2.45) is 5.73 Å². The van der Waals surface area contributed by atoms with E-state index in [0.29, 0.717) is 18.0 Å². The van der Waals surface area contributed by atoms with Gasteiger partial charge in [0.2, 0.25) is 5.95 Å². The standard InChI is InChI=1S/C23H26N8/c1-15-11-27-23(29-17-6-4-16(24)5-7-17)30-22(15)20-13-26-21-9-8-19(14-31(20)21)28-18-3-2-10-25-12-18/h2-3,8-14,16-17,28H,4-7,24H2,1H3,(H,27,29,30)/t16-,17-. The summed E-state index contributed by atoms with van der Waals surface area (Å²) in [5.41, 5.74) is 11.6. The highest BCUT2D eigenvalue weighted by Crippen LogP contribution is 2.26. The molecule has 0 amide bonds. The fraction of sp³-hybridized carbons (Fsp3) is 0.304. The molecule has 4 aromatic heterocycles. The first-order chi connectivity index (χ1) is 15.2. The van der Waals surface area contributed by atoms with Crippen LogP contribution in [-0.4, -0.2) is 36.4 Å². The average Bonchev–Trinajstić information content (AvgIpc) is 3.20. The molecule has 1 saturated carbocycles. The number of hydrogen-bond acceptors (Lipinski definition) is 7. The first-order valence-electron chi connectivity index (χ1n) is 10.7. The van der Waals surface area contributed by atoms with Crippen LogP contribution in [0.2, 0.25) is 0 Å². The molecule has 4 heterocycles. The second kappa shape index (κ2) is 8.31. The van der Waals surface area contributed by atoms with E-state index in [4.69, 9.17) is 10.7 Å². The van der Waals surface area contributed by atoms with Crippen molar-refractivity contribution in [1.29, 1.82) is 0 Å². The van der Waals surface area contributed by atoms with Gasteiger partial charge < -0.3 is 16.4 Å². The molecule has 5 rings (SSSR count). The van der Waals surface area contributed by atoms with Crippen LogP contribution in [0.25, 0.3) is 17.0 Å². The first kappa shape index (κ1) is 19.4. The van der Waals surface area contributed by atoms with Gasteiger partial charge >= 0.3 is 0 Å². The van der Waals surface area contributed by atoms with E-state index in [9.17, 15) is 0 Å². The Bertz CT molecular complexity index is 1180. The van der Waals surface area contributed by atoms with Gasteiger partial charge in [-0.05, 0) is 62.4 Å². The van der Waals surface area contributed by atoms with E-state index < -0.39 is 0 Å². The zero-order chi connectivity index (χ0) is 21.2. The highest BCUT2D eigenvalue weighted by atomic mass is 15.1. The van der Waals surface area contributed by atoms with E-state index in [1.807, 2.05) is 49.8 Å². The molecule has 4 aromatic rings. The number of nitrogens with one attached hydrogen (secondary N) is 2. The van der Waals surface area contributed by atoms with Crippen molar-refractivity contribution in [1.82, 2.24) is 24.3 Å². The summed E-state index contributed by atoms with van der Waals surface area (Å²) in [5.74, 6) is 0.653. The van der Waals surface area contributed by atoms with Gasteiger partial charge in [-0.25, -0.2) is 15.0 Å². The predicted molar refractivity (Wildman–Crippen MR) is 122 cm³/mol. The van der Waals surface area contributed by atoms with Gasteiger partial charge in [0.05, 0.1) is 35.2 Å². The number of nitrogens with two attached hydrogens (primary N) is 1. The van der Waals surface area contributed by atoms with Crippen molar-refractivity contribution in [3.05, 3.63) is 60.8 Å². The fourth-order valence-corrected chi connectivity index (χ4v) is 4.05. The largest absolute Gasteiger partial charge is 0.353 e. The maximum absolute atomic E-state index is 6.03. The molecular formula is C23H26N8. The van der Waals surface area contributed by atoms with E-state index in [2.05, 4.69) is 30.0 Å². The molecule has 0 saturated heterocycles. The van der Waals surface area contributed by atoms with Gasteiger partial charge in [-0.2, -0.15) is 0 Å². The number of rotatable bonds is 5. The van der Waals surface area contributed by atoms with Gasteiger partial charge in [0.25, 0.3) is 0 Å². The third-order valence-corrected chi connectivity index (χ3v) is 5.78. The number of imidazole rings is 1. The topological polar surface area (TPSA) is 106 Å². The van der Waals surface area contributed by atoms with Crippen LogP contribution in [0.1, 0.15) is 31.2 Å². The minimum Gasteiger partial charge on any atom is -0.353 e. The summed E-state index contributed by atoms with van der Waals surface area (Å²) in [4.78, 5) is 18.1. The maximum Gasteiger partial charge on any atom is 0.223 e. The average molecular weight is 415 g/mol. The summed E-state index contributed by atoms with van der Waals surface area (Å²) in [6, 6.07) is 8.57. The minimum absolute atomic E-state index is 0.320. The fourth-order valence-electron chi connectivity index (χ4n) is 4.05. The van der Waals surface area contributed by atoms with Crippen molar-refractivity contribution >= 4 is 23.0 Å². The maximum atomic E-state index is 6.03. The molecule has 158 valence electrons. The molecule has 0 atom stereocenters. The van der Waals surface area contributed by atoms with E-state index in [1.165, 1.54) is 0 Å². The second-order valence-electron chi connectivity index (χ2n) is 8.14. The third-order valence-electron chi connectivity index (χ3n) is 5.78. The molecule has 1 fully saturated rings. The highest BCUT2D eigenvalue weighted by Gasteiger charge is 2.20. The Morgan fingerprint density at radius 1 is 1.00 bits per heavy atom. The van der Waals surface area contributed by atoms with Crippen LogP contribution in [0.4, 0.5) is 17.3 Å². The van der Waals surface area contributed by atoms with E-state index >= 15 is 0 Å². The van der Waals surface area contributed by atoms with Crippen molar-refractivity contribution in [2.45, 2.75) is 44.7 Å². The lowest BCUT2D eigenvalue weighted by atomic mass is 9.92. The van der Waals surface area contributed by atoms with Gasteiger partial charge in [-0.15, -0.1) is 0 Å². The molecule has 1 aliphatic carbocycles. The number of fused-ring (bicyclic) bond motifs is 1. The van der Waals surface area contributed by atoms with Crippen LogP contribution >= 0.6 is 0 Å². The summed E-state index contributed by atoms with van der Waals surface area (Å²) in [7, 11) is 0. The van der Waals surface area contributed by atoms with Crippen LogP contribution < -0.4 is 16.4 Å². The lowest BCUT2D eigenvalue weighted by Gasteiger charge is -2.26. The highest BCUT2D eigenvalue weighted by molar-refractivity contribution is 5.67. The Balaban J connectivity index is 1.45. The molecule has 4 N–H and O–H groups in total.